The fourth-order valence-corrected chi connectivity index (χ4v) is 3.14. The molecule has 2 atom stereocenters. The second-order valence-corrected chi connectivity index (χ2v) is 5.06. The van der Waals surface area contributed by atoms with Crippen LogP contribution in [-0.2, 0) is 19.1 Å². The zero-order valence-electron chi connectivity index (χ0n) is 9.54. The molecule has 2 rings (SSSR count). The fourth-order valence-electron chi connectivity index (χ4n) is 1.87. The van der Waals surface area contributed by atoms with Crippen molar-refractivity contribution in [3.8, 4) is 0 Å². The number of nitrogens with two attached hydrogens (primary N) is 1. The van der Waals surface area contributed by atoms with Crippen molar-refractivity contribution in [3.05, 3.63) is 11.3 Å². The molecule has 1 saturated heterocycles. The highest BCUT2D eigenvalue weighted by Gasteiger charge is 2.50. The molecule has 0 aromatic heterocycles. The summed E-state index contributed by atoms with van der Waals surface area (Å²) in [6.45, 7) is 1.07. The standard InChI is InChI=1S/C10H12N2O5S/c1-4(13)17-2-5-3-18-9-6(11)8(14)12(9)7(5)10(15)16/h6,9H,2-3,11H2,1H3,(H,15,16)/p-1. The van der Waals surface area contributed by atoms with Crippen molar-refractivity contribution in [2.75, 3.05) is 12.4 Å². The number of ether oxygens (including phenoxy) is 1. The van der Waals surface area contributed by atoms with Gasteiger partial charge in [-0.25, -0.2) is 0 Å². The van der Waals surface area contributed by atoms with Crippen molar-refractivity contribution in [3.63, 3.8) is 0 Å². The van der Waals surface area contributed by atoms with E-state index < -0.39 is 23.9 Å². The third kappa shape index (κ3) is 1.97. The number of nitrogens with zero attached hydrogens (tertiary/aromatic N) is 1. The van der Waals surface area contributed by atoms with E-state index in [1.165, 1.54) is 18.7 Å². The van der Waals surface area contributed by atoms with Crippen LogP contribution in [0.2, 0.25) is 0 Å². The van der Waals surface area contributed by atoms with Gasteiger partial charge >= 0.3 is 5.97 Å². The van der Waals surface area contributed by atoms with Crippen LogP contribution >= 0.6 is 11.8 Å². The first kappa shape index (κ1) is 12.9. The molecule has 8 heteroatoms. The maximum Gasteiger partial charge on any atom is 0.302 e. The molecule has 1 fully saturated rings. The van der Waals surface area contributed by atoms with Crippen molar-refractivity contribution in [1.29, 1.82) is 0 Å². The Kier molecular flexibility index (Phi) is 3.31. The highest BCUT2D eigenvalue weighted by atomic mass is 32.2. The lowest BCUT2D eigenvalue weighted by Crippen LogP contribution is -2.69. The number of β-lactam (4-membered cyclic amide) rings is 1. The van der Waals surface area contributed by atoms with Crippen molar-refractivity contribution >= 4 is 29.6 Å². The Labute approximate surface area is 107 Å². The normalized spacial score (nSPS) is 26.6. The Morgan fingerprint density at radius 2 is 2.28 bits per heavy atom. The first-order valence-corrected chi connectivity index (χ1v) is 6.25. The monoisotopic (exact) mass is 271 g/mol. The zero-order valence-corrected chi connectivity index (χ0v) is 10.4. The van der Waals surface area contributed by atoms with Gasteiger partial charge in [0.15, 0.2) is 0 Å². The van der Waals surface area contributed by atoms with Gasteiger partial charge in [0.25, 0.3) is 0 Å². The molecule has 2 aliphatic heterocycles. The summed E-state index contributed by atoms with van der Waals surface area (Å²) >= 11 is 1.35. The number of rotatable bonds is 3. The molecule has 0 radical (unpaired) electrons. The molecule has 0 saturated carbocycles. The zero-order chi connectivity index (χ0) is 13.4. The van der Waals surface area contributed by atoms with Gasteiger partial charge in [0.05, 0.1) is 11.7 Å². The Morgan fingerprint density at radius 3 is 2.83 bits per heavy atom. The first-order chi connectivity index (χ1) is 8.43. The minimum absolute atomic E-state index is 0.155. The van der Waals surface area contributed by atoms with E-state index in [0.29, 0.717) is 11.3 Å². The molecule has 0 bridgehead atoms. The average molecular weight is 271 g/mol. The molecule has 98 valence electrons. The topological polar surface area (TPSA) is 113 Å². The van der Waals surface area contributed by atoms with Crippen LogP contribution in [0, 0.1) is 0 Å². The lowest BCUT2D eigenvalue weighted by Gasteiger charge is -2.49. The molecule has 2 heterocycles. The van der Waals surface area contributed by atoms with Crippen molar-refractivity contribution in [2.24, 2.45) is 5.73 Å². The largest absolute Gasteiger partial charge is 0.543 e. The van der Waals surface area contributed by atoms with E-state index >= 15 is 0 Å². The van der Waals surface area contributed by atoms with Crippen molar-refractivity contribution in [1.82, 2.24) is 4.90 Å². The molecule has 0 aromatic rings. The number of hydrogen-bond donors (Lipinski definition) is 1. The van der Waals surface area contributed by atoms with Crippen LogP contribution in [0.3, 0.4) is 0 Å². The second-order valence-electron chi connectivity index (χ2n) is 3.96. The smallest absolute Gasteiger partial charge is 0.302 e. The highest BCUT2D eigenvalue weighted by Crippen LogP contribution is 2.39. The minimum Gasteiger partial charge on any atom is -0.543 e. The molecule has 1 amide bonds. The van der Waals surface area contributed by atoms with Gasteiger partial charge in [0.1, 0.15) is 18.0 Å². The quantitative estimate of drug-likeness (QED) is 0.457. The number of amides is 1. The van der Waals surface area contributed by atoms with Crippen LogP contribution in [0.15, 0.2) is 11.3 Å². The molecular formula is C10H11N2O5S-. The summed E-state index contributed by atoms with van der Waals surface area (Å²) in [4.78, 5) is 34.5. The minimum atomic E-state index is -1.46. The molecule has 0 spiro atoms. The third-order valence-electron chi connectivity index (χ3n) is 2.73. The van der Waals surface area contributed by atoms with Gasteiger partial charge in [0.2, 0.25) is 5.91 Å². The number of aliphatic carboxylic acids is 1. The number of carboxylic acids is 1. The summed E-state index contributed by atoms with van der Waals surface area (Å²) in [5.74, 6) is -2.08. The average Bonchev–Trinajstić information content (AvgIpc) is 2.33. The number of fused-ring (bicyclic) bond motifs is 1. The lowest BCUT2D eigenvalue weighted by atomic mass is 10.0. The molecule has 18 heavy (non-hydrogen) atoms. The predicted molar refractivity (Wildman–Crippen MR) is 59.7 cm³/mol. The van der Waals surface area contributed by atoms with Crippen LogP contribution in [0.4, 0.5) is 0 Å². The number of carbonyl (C=O) groups is 3. The number of hydrogen-bond acceptors (Lipinski definition) is 7. The first-order valence-electron chi connectivity index (χ1n) is 5.20. The van der Waals surface area contributed by atoms with Crippen LogP contribution in [0.5, 0.6) is 0 Å². The van der Waals surface area contributed by atoms with E-state index in [9.17, 15) is 19.5 Å². The molecule has 7 nitrogen and oxygen atoms in total. The van der Waals surface area contributed by atoms with Crippen LogP contribution in [-0.4, -0.2) is 46.5 Å². The Balaban J connectivity index is 2.26. The summed E-state index contributed by atoms with van der Waals surface area (Å²) in [5, 5.41) is 10.7. The molecule has 0 aliphatic carbocycles. The van der Waals surface area contributed by atoms with E-state index in [4.69, 9.17) is 10.5 Å². The van der Waals surface area contributed by atoms with Gasteiger partial charge in [-0.3, -0.25) is 14.5 Å². The Hall–Kier alpha value is -1.54. The lowest BCUT2D eigenvalue weighted by molar-refractivity contribution is -0.301. The van der Waals surface area contributed by atoms with Gasteiger partial charge in [-0.05, 0) is 0 Å². The Bertz CT molecular complexity index is 461. The molecule has 2 aliphatic rings. The number of carboxylic acid groups (broad SMARTS) is 1. The van der Waals surface area contributed by atoms with E-state index in [-0.39, 0.29) is 17.7 Å². The predicted octanol–water partition coefficient (Wildman–Crippen LogP) is -2.20. The molecular weight excluding hydrogens is 260 g/mol. The van der Waals surface area contributed by atoms with E-state index in [1.807, 2.05) is 0 Å². The molecule has 2 N–H and O–H groups in total. The van der Waals surface area contributed by atoms with Gasteiger partial charge in [0, 0.05) is 18.2 Å². The van der Waals surface area contributed by atoms with Gasteiger partial charge in [-0.15, -0.1) is 11.8 Å². The number of thioether (sulfide) groups is 1. The van der Waals surface area contributed by atoms with Crippen molar-refractivity contribution in [2.45, 2.75) is 18.3 Å². The van der Waals surface area contributed by atoms with Crippen molar-refractivity contribution < 1.29 is 24.2 Å². The summed E-state index contributed by atoms with van der Waals surface area (Å²) in [5.41, 5.74) is 5.71. The van der Waals surface area contributed by atoms with Crippen LogP contribution < -0.4 is 10.8 Å². The van der Waals surface area contributed by atoms with Gasteiger partial charge in [-0.1, -0.05) is 0 Å². The summed E-state index contributed by atoms with van der Waals surface area (Å²) in [6, 6.07) is -0.681. The molecule has 0 aromatic carbocycles. The third-order valence-corrected chi connectivity index (χ3v) is 4.09. The summed E-state index contributed by atoms with van der Waals surface area (Å²) in [6.07, 6.45) is 0. The van der Waals surface area contributed by atoms with Gasteiger partial charge in [-0.2, -0.15) is 0 Å². The number of esters is 1. The van der Waals surface area contributed by atoms with E-state index in [2.05, 4.69) is 0 Å². The van der Waals surface area contributed by atoms with Crippen LogP contribution in [0.1, 0.15) is 6.92 Å². The molecule has 2 unspecified atom stereocenters. The Morgan fingerprint density at radius 1 is 1.61 bits per heavy atom. The SMILES string of the molecule is CC(=O)OCC1=C(C(=O)[O-])N2C(=O)C(N)C2SC1. The summed E-state index contributed by atoms with van der Waals surface area (Å²) < 4.78 is 4.76. The highest BCUT2D eigenvalue weighted by molar-refractivity contribution is 8.00. The van der Waals surface area contributed by atoms with Crippen LogP contribution in [0.25, 0.3) is 0 Å². The second kappa shape index (κ2) is 4.62. The van der Waals surface area contributed by atoms with E-state index in [0.717, 1.165) is 4.90 Å². The fraction of sp³-hybridized carbons (Fsp3) is 0.500. The maximum absolute atomic E-state index is 11.5. The summed E-state index contributed by atoms with van der Waals surface area (Å²) in [7, 11) is 0. The maximum atomic E-state index is 11.5. The van der Waals surface area contributed by atoms with Gasteiger partial charge < -0.3 is 20.4 Å². The number of carbonyl (C=O) groups excluding carboxylic acids is 3. The van der Waals surface area contributed by atoms with E-state index in [1.54, 1.807) is 0 Å².